The standard InChI is InChI=1S/C4H4N2O3/c1-9-4(7)3(2-5)6-8/h8H,1H3/b6-3+. The van der Waals surface area contributed by atoms with E-state index in [-0.39, 0.29) is 0 Å². The van der Waals surface area contributed by atoms with Crippen LogP contribution in [0.4, 0.5) is 0 Å². The van der Waals surface area contributed by atoms with Gasteiger partial charge in [0, 0.05) is 0 Å². The highest BCUT2D eigenvalue weighted by atomic mass is 16.5. The second kappa shape index (κ2) is 3.43. The van der Waals surface area contributed by atoms with Crippen LogP contribution >= 0.6 is 0 Å². The molecule has 0 aromatic rings. The maximum atomic E-state index is 10.2. The maximum absolute atomic E-state index is 10.2. The summed E-state index contributed by atoms with van der Waals surface area (Å²) >= 11 is 0. The molecule has 0 aromatic heterocycles. The fourth-order valence-electron chi connectivity index (χ4n) is 0.206. The van der Waals surface area contributed by atoms with Crippen molar-refractivity contribution >= 4 is 11.7 Å². The van der Waals surface area contributed by atoms with Crippen LogP contribution in [0.3, 0.4) is 0 Å². The number of hydrogen-bond acceptors (Lipinski definition) is 5. The highest BCUT2D eigenvalue weighted by molar-refractivity contribution is 6.42. The lowest BCUT2D eigenvalue weighted by Gasteiger charge is -1.89. The summed E-state index contributed by atoms with van der Waals surface area (Å²) in [5.74, 6) is -0.944. The molecule has 0 aliphatic carbocycles. The molecule has 0 amide bonds. The van der Waals surface area contributed by atoms with Gasteiger partial charge in [-0.1, -0.05) is 5.16 Å². The van der Waals surface area contributed by atoms with Gasteiger partial charge in [0.2, 0.25) is 0 Å². The molecule has 0 bridgehead atoms. The second-order valence-corrected chi connectivity index (χ2v) is 1.05. The van der Waals surface area contributed by atoms with Crippen molar-refractivity contribution in [3.63, 3.8) is 0 Å². The Hall–Kier alpha value is -1.57. The molecule has 9 heavy (non-hydrogen) atoms. The van der Waals surface area contributed by atoms with Crippen LogP contribution < -0.4 is 0 Å². The molecule has 0 aliphatic heterocycles. The predicted molar refractivity (Wildman–Crippen MR) is 26.9 cm³/mol. The normalized spacial score (nSPS) is 10.0. The quantitative estimate of drug-likeness (QED) is 0.223. The van der Waals surface area contributed by atoms with Crippen LogP contribution in [0.25, 0.3) is 0 Å². The van der Waals surface area contributed by atoms with Crippen LogP contribution in [0.2, 0.25) is 0 Å². The first-order valence-electron chi connectivity index (χ1n) is 1.96. The highest BCUT2D eigenvalue weighted by Crippen LogP contribution is 1.78. The van der Waals surface area contributed by atoms with Crippen molar-refractivity contribution in [2.45, 2.75) is 0 Å². The summed E-state index contributed by atoms with van der Waals surface area (Å²) in [4.78, 5) is 10.2. The predicted octanol–water partition coefficient (Wildman–Crippen LogP) is -0.487. The smallest absolute Gasteiger partial charge is 0.371 e. The van der Waals surface area contributed by atoms with E-state index < -0.39 is 11.7 Å². The van der Waals surface area contributed by atoms with Crippen LogP contribution in [0, 0.1) is 11.3 Å². The molecule has 0 unspecified atom stereocenters. The molecule has 5 heteroatoms. The van der Waals surface area contributed by atoms with Gasteiger partial charge in [0.05, 0.1) is 7.11 Å². The van der Waals surface area contributed by atoms with Crippen molar-refractivity contribution in [1.29, 1.82) is 5.26 Å². The molecule has 0 aromatic carbocycles. The molecule has 0 saturated heterocycles. The zero-order valence-corrected chi connectivity index (χ0v) is 4.66. The first-order valence-corrected chi connectivity index (χ1v) is 1.96. The lowest BCUT2D eigenvalue weighted by Crippen LogP contribution is -2.13. The van der Waals surface area contributed by atoms with Gasteiger partial charge < -0.3 is 9.94 Å². The third-order valence-electron chi connectivity index (χ3n) is 0.585. The summed E-state index contributed by atoms with van der Waals surface area (Å²) in [6.45, 7) is 0. The summed E-state index contributed by atoms with van der Waals surface area (Å²) in [6, 6.07) is 1.33. The number of nitrogens with zero attached hydrogens (tertiary/aromatic N) is 2. The van der Waals surface area contributed by atoms with Crippen molar-refractivity contribution in [1.82, 2.24) is 0 Å². The Morgan fingerprint density at radius 1 is 1.89 bits per heavy atom. The van der Waals surface area contributed by atoms with Gasteiger partial charge in [-0.05, 0) is 0 Å². The van der Waals surface area contributed by atoms with Gasteiger partial charge in [-0.3, -0.25) is 0 Å². The van der Waals surface area contributed by atoms with Crippen molar-refractivity contribution in [3.05, 3.63) is 0 Å². The van der Waals surface area contributed by atoms with E-state index in [1.54, 1.807) is 0 Å². The number of nitriles is 1. The lowest BCUT2D eigenvalue weighted by molar-refractivity contribution is -0.132. The van der Waals surface area contributed by atoms with Gasteiger partial charge >= 0.3 is 5.97 Å². The van der Waals surface area contributed by atoms with Gasteiger partial charge in [-0.25, -0.2) is 4.79 Å². The minimum absolute atomic E-state index is 0.655. The zero-order valence-electron chi connectivity index (χ0n) is 4.66. The zero-order chi connectivity index (χ0) is 7.28. The molecule has 48 valence electrons. The Morgan fingerprint density at radius 2 is 2.44 bits per heavy atom. The molecule has 0 fully saturated rings. The number of ether oxygens (including phenoxy) is 1. The first kappa shape index (κ1) is 7.43. The Bertz CT molecular complexity index is 179. The van der Waals surface area contributed by atoms with Gasteiger partial charge in [-0.2, -0.15) is 5.26 Å². The first-order chi connectivity index (χ1) is 4.26. The third kappa shape index (κ3) is 1.78. The number of carbonyl (C=O) groups is 1. The van der Waals surface area contributed by atoms with E-state index in [1.807, 2.05) is 0 Å². The van der Waals surface area contributed by atoms with Crippen molar-refractivity contribution in [3.8, 4) is 6.07 Å². The van der Waals surface area contributed by atoms with E-state index in [4.69, 9.17) is 10.5 Å². The average molecular weight is 128 g/mol. The Kier molecular flexibility index (Phi) is 2.84. The largest absolute Gasteiger partial charge is 0.464 e. The number of hydrogen-bond donors (Lipinski definition) is 1. The monoisotopic (exact) mass is 128 g/mol. The minimum atomic E-state index is -0.944. The van der Waals surface area contributed by atoms with E-state index in [1.165, 1.54) is 6.07 Å². The van der Waals surface area contributed by atoms with Crippen LogP contribution in [-0.2, 0) is 9.53 Å². The van der Waals surface area contributed by atoms with Crippen LogP contribution in [0.1, 0.15) is 0 Å². The summed E-state index contributed by atoms with van der Waals surface area (Å²) in [7, 11) is 1.09. The molecule has 1 N–H and O–H groups in total. The second-order valence-electron chi connectivity index (χ2n) is 1.05. The van der Waals surface area contributed by atoms with Crippen LogP contribution in [-0.4, -0.2) is 24.0 Å². The fraction of sp³-hybridized carbons (Fsp3) is 0.250. The average Bonchev–Trinajstić information content (AvgIpc) is 1.90. The van der Waals surface area contributed by atoms with Crippen LogP contribution in [0.5, 0.6) is 0 Å². The number of methoxy groups -OCH3 is 1. The summed E-state index contributed by atoms with van der Waals surface area (Å²) < 4.78 is 4.04. The summed E-state index contributed by atoms with van der Waals surface area (Å²) in [5, 5.41) is 18.2. The molecule has 0 radical (unpaired) electrons. The number of carbonyl (C=O) groups excluding carboxylic acids is 1. The van der Waals surface area contributed by atoms with Gasteiger partial charge in [0.1, 0.15) is 6.07 Å². The van der Waals surface area contributed by atoms with Crippen molar-refractivity contribution in [2.75, 3.05) is 7.11 Å². The van der Waals surface area contributed by atoms with Gasteiger partial charge in [0.15, 0.2) is 0 Å². The molecular formula is C4H4N2O3. The van der Waals surface area contributed by atoms with Crippen LogP contribution in [0.15, 0.2) is 5.16 Å². The summed E-state index contributed by atoms with van der Waals surface area (Å²) in [5.41, 5.74) is -0.655. The van der Waals surface area contributed by atoms with Crippen molar-refractivity contribution in [2.24, 2.45) is 5.16 Å². The molecule has 0 saturated carbocycles. The maximum Gasteiger partial charge on any atom is 0.371 e. The van der Waals surface area contributed by atoms with E-state index in [0.29, 0.717) is 0 Å². The van der Waals surface area contributed by atoms with E-state index in [2.05, 4.69) is 9.89 Å². The minimum Gasteiger partial charge on any atom is -0.464 e. The third-order valence-corrected chi connectivity index (χ3v) is 0.585. The lowest BCUT2D eigenvalue weighted by atomic mass is 10.4. The molecule has 0 aliphatic rings. The molecule has 0 heterocycles. The Labute approximate surface area is 51.1 Å². The number of rotatable bonds is 1. The highest BCUT2D eigenvalue weighted by Gasteiger charge is 2.09. The van der Waals surface area contributed by atoms with E-state index >= 15 is 0 Å². The van der Waals surface area contributed by atoms with Gasteiger partial charge in [0.25, 0.3) is 5.71 Å². The molecule has 5 nitrogen and oxygen atoms in total. The van der Waals surface area contributed by atoms with E-state index in [0.717, 1.165) is 7.11 Å². The van der Waals surface area contributed by atoms with Crippen molar-refractivity contribution < 1.29 is 14.7 Å². The SMILES string of the molecule is COC(=O)/C(C#N)=N/O. The summed E-state index contributed by atoms with van der Waals surface area (Å²) in [6.07, 6.45) is 0. The fourth-order valence-corrected chi connectivity index (χ4v) is 0.206. The Morgan fingerprint density at radius 3 is 2.56 bits per heavy atom. The Balaban J connectivity index is 4.19. The number of oxime groups is 1. The van der Waals surface area contributed by atoms with E-state index in [9.17, 15) is 4.79 Å². The topological polar surface area (TPSA) is 82.7 Å². The molecule has 0 spiro atoms. The van der Waals surface area contributed by atoms with Gasteiger partial charge in [-0.15, -0.1) is 0 Å². The molecule has 0 atom stereocenters. The number of esters is 1. The molecule has 0 rings (SSSR count). The molecular weight excluding hydrogens is 124 g/mol.